The van der Waals surface area contributed by atoms with Gasteiger partial charge in [-0.25, -0.2) is 0 Å². The largest absolute Gasteiger partial charge is 0.489 e. The van der Waals surface area contributed by atoms with Gasteiger partial charge in [0.1, 0.15) is 0 Å². The maximum Gasteiger partial charge on any atom is 0.228 e. The van der Waals surface area contributed by atoms with Crippen molar-refractivity contribution in [1.82, 2.24) is 0 Å². The fourth-order valence-electron chi connectivity index (χ4n) is 7.51. The number of ether oxygens (including phenoxy) is 2. The van der Waals surface area contributed by atoms with Gasteiger partial charge >= 0.3 is 0 Å². The Balaban J connectivity index is 2.40. The van der Waals surface area contributed by atoms with E-state index in [0.29, 0.717) is 0 Å². The van der Waals surface area contributed by atoms with Crippen LogP contribution in [0.5, 0.6) is 0 Å². The van der Waals surface area contributed by atoms with Crippen LogP contribution in [0, 0.1) is 0 Å². The minimum atomic E-state index is -3.01. The summed E-state index contributed by atoms with van der Waals surface area (Å²) in [7, 11) is -3.01. The van der Waals surface area contributed by atoms with Crippen molar-refractivity contribution in [1.29, 1.82) is 0 Å². The Hall–Kier alpha value is -4.18. The van der Waals surface area contributed by atoms with E-state index in [9.17, 15) is 9.59 Å². The van der Waals surface area contributed by atoms with Crippen molar-refractivity contribution < 1.29 is 25.9 Å². The molecule has 4 heteroatoms. The van der Waals surface area contributed by atoms with Gasteiger partial charge in [-0.15, -0.1) is 0 Å². The molecule has 1 aliphatic rings. The monoisotopic (exact) mass is 882 g/mol. The van der Waals surface area contributed by atoms with Crippen LogP contribution in [-0.4, -0.2) is 25.2 Å². The van der Waals surface area contributed by atoms with Crippen LogP contribution in [0.4, 0.5) is 0 Å². The second-order valence-corrected chi connectivity index (χ2v) is 18.6. The summed E-state index contributed by atoms with van der Waals surface area (Å²) in [6.45, 7) is 24.5. The van der Waals surface area contributed by atoms with E-state index in [-0.39, 0.29) is 17.6 Å². The third kappa shape index (κ3) is 26.6. The minimum Gasteiger partial charge on any atom is -0.489 e. The summed E-state index contributed by atoms with van der Waals surface area (Å²) >= 11 is 0. The molecule has 1 aliphatic carbocycles. The highest BCUT2D eigenvalue weighted by Crippen LogP contribution is 2.29. The Morgan fingerprint density at radius 3 is 0.984 bits per heavy atom. The van der Waals surface area contributed by atoms with Crippen molar-refractivity contribution in [2.45, 2.75) is 212 Å². The summed E-state index contributed by atoms with van der Waals surface area (Å²) in [6.07, 6.45) is 42.9. The van der Waals surface area contributed by atoms with Crippen LogP contribution in [-0.2, 0) is 19.1 Å². The van der Waals surface area contributed by atoms with E-state index in [4.69, 9.17) is 16.3 Å². The van der Waals surface area contributed by atoms with E-state index < -0.39 is 36.7 Å². The lowest BCUT2D eigenvalue weighted by Crippen LogP contribution is -2.25. The van der Waals surface area contributed by atoms with Crippen LogP contribution < -0.4 is 0 Å². The SMILES string of the molecule is [2H]C([2H])([2H])OC1=C(OC([2H])([2H])C)C(=O)C(C/C=C(\C)CC/C=C(/C)CC/C=C(/C)CC/C=C(/C)CC/C=C(/C)CC/C=C(/C)CC/C=C(/C)CC/C=C(/C)CC/C=C(\C)CCC=C(C)C)=C(C)C1=O. The molecule has 0 amide bonds. The number of hydrogen-bond acceptors (Lipinski definition) is 4. The normalized spacial score (nSPS) is 17.4. The summed E-state index contributed by atoms with van der Waals surface area (Å²) in [5.41, 5.74) is 14.3. The Morgan fingerprint density at radius 1 is 0.438 bits per heavy atom. The molecule has 0 aliphatic heterocycles. The summed E-state index contributed by atoms with van der Waals surface area (Å²) in [5, 5.41) is 0. The van der Waals surface area contributed by atoms with Crippen LogP contribution in [0.3, 0.4) is 0 Å². The fourth-order valence-corrected chi connectivity index (χ4v) is 7.51. The van der Waals surface area contributed by atoms with Gasteiger partial charge in [0.05, 0.1) is 20.5 Å². The predicted molar refractivity (Wildman–Crippen MR) is 279 cm³/mol. The summed E-state index contributed by atoms with van der Waals surface area (Å²) in [4.78, 5) is 26.4. The standard InChI is InChI=1S/C60H92O4/c1-15-64-60-58(62)56(55(13)57(61)59(60)63-14)44-43-54(12)42-24-41-53(11)40-23-39-52(10)38-22-37-51(9)36-21-35-50(8)34-20-33-49(7)32-19-31-48(6)30-18-29-47(5)28-17-27-46(4)26-16-25-45(2)3/h25,27,29,31,33,35,37,39,41,43H,15-24,26,28,30,32,34,36,38,40,42,44H2,1-14H3/b46-27+,47-29-,48-31-,49-33-,50-35-,51-37-,52-39-,53-41-,54-43+/i14D3,15D2. The molecule has 0 bridgehead atoms. The summed E-state index contributed by atoms with van der Waals surface area (Å²) in [5.74, 6) is -3.05. The average Bonchev–Trinajstić information content (AvgIpc) is 3.23. The number of Topliss-reactive ketones (excluding diaryl/α,β-unsaturated/α-hetero) is 2. The number of ketones is 2. The van der Waals surface area contributed by atoms with Gasteiger partial charge in [0.25, 0.3) is 0 Å². The predicted octanol–water partition coefficient (Wildman–Crippen LogP) is 18.2. The molecule has 0 fully saturated rings. The summed E-state index contributed by atoms with van der Waals surface area (Å²) in [6, 6.07) is 0. The molecular formula is C60H92O4. The van der Waals surface area contributed by atoms with Gasteiger partial charge in [-0.3, -0.25) is 9.59 Å². The zero-order valence-corrected chi connectivity index (χ0v) is 42.8. The van der Waals surface area contributed by atoms with Gasteiger partial charge in [-0.2, -0.15) is 0 Å². The van der Waals surface area contributed by atoms with Gasteiger partial charge in [-0.05, 0) is 212 Å². The Kier molecular flexibility index (Phi) is 26.3. The van der Waals surface area contributed by atoms with Crippen LogP contribution in [0.25, 0.3) is 0 Å². The minimum absolute atomic E-state index is 0.0612. The lowest BCUT2D eigenvalue weighted by Gasteiger charge is -2.20. The third-order valence-electron chi connectivity index (χ3n) is 12.0. The second-order valence-electron chi connectivity index (χ2n) is 18.6. The molecule has 64 heavy (non-hydrogen) atoms. The highest BCUT2D eigenvalue weighted by atomic mass is 16.5. The molecule has 0 unspecified atom stereocenters. The lowest BCUT2D eigenvalue weighted by molar-refractivity contribution is -0.121. The van der Waals surface area contributed by atoms with Crippen molar-refractivity contribution >= 4 is 11.6 Å². The van der Waals surface area contributed by atoms with Crippen LogP contribution >= 0.6 is 0 Å². The zero-order valence-electron chi connectivity index (χ0n) is 47.8. The number of rotatable bonds is 32. The third-order valence-corrected chi connectivity index (χ3v) is 12.0. The van der Waals surface area contributed by atoms with Gasteiger partial charge in [0.15, 0.2) is 0 Å². The average molecular weight is 882 g/mol. The van der Waals surface area contributed by atoms with Crippen LogP contribution in [0.2, 0.25) is 0 Å². The van der Waals surface area contributed by atoms with Crippen LogP contribution in [0.1, 0.15) is 219 Å². The molecule has 0 saturated carbocycles. The highest BCUT2D eigenvalue weighted by Gasteiger charge is 2.34. The molecule has 0 atom stereocenters. The first kappa shape index (κ1) is 49.3. The smallest absolute Gasteiger partial charge is 0.228 e. The maximum atomic E-state index is 13.3. The van der Waals surface area contributed by atoms with Gasteiger partial charge in [0.2, 0.25) is 23.1 Å². The first-order chi connectivity index (χ1) is 32.3. The molecule has 4 nitrogen and oxygen atoms in total. The number of methoxy groups -OCH3 is 1. The van der Waals surface area contributed by atoms with E-state index in [2.05, 4.69) is 124 Å². The van der Waals surface area contributed by atoms with Gasteiger partial charge in [0, 0.05) is 11.1 Å². The van der Waals surface area contributed by atoms with Crippen molar-refractivity contribution in [2.75, 3.05) is 13.6 Å². The molecular weight excluding hydrogens is 785 g/mol. The van der Waals surface area contributed by atoms with Crippen molar-refractivity contribution in [3.63, 3.8) is 0 Å². The molecule has 0 saturated heterocycles. The molecule has 0 spiro atoms. The number of carbonyl (C=O) groups excluding carboxylic acids is 2. The van der Waals surface area contributed by atoms with Crippen molar-refractivity contribution in [3.05, 3.63) is 139 Å². The fraction of sp³-hybridized carbons (Fsp3) is 0.567. The van der Waals surface area contributed by atoms with Gasteiger partial charge < -0.3 is 9.47 Å². The molecule has 356 valence electrons. The number of carbonyl (C=O) groups is 2. The first-order valence-corrected chi connectivity index (χ1v) is 24.2. The Morgan fingerprint density at radius 2 is 0.719 bits per heavy atom. The van der Waals surface area contributed by atoms with E-state index in [1.807, 2.05) is 13.0 Å². The Labute approximate surface area is 401 Å². The van der Waals surface area contributed by atoms with E-state index >= 15 is 0 Å². The van der Waals surface area contributed by atoms with Gasteiger partial charge in [-0.1, -0.05) is 116 Å². The topological polar surface area (TPSA) is 52.6 Å². The van der Waals surface area contributed by atoms with Crippen molar-refractivity contribution in [2.24, 2.45) is 0 Å². The molecule has 0 heterocycles. The lowest BCUT2D eigenvalue weighted by atomic mass is 9.90. The zero-order chi connectivity index (χ0) is 52.2. The molecule has 0 N–H and O–H groups in total. The first-order valence-electron chi connectivity index (χ1n) is 26.7. The molecule has 0 aromatic carbocycles. The number of allylic oxidation sites excluding steroid dienone is 22. The Bertz CT molecular complexity index is 2060. The summed E-state index contributed by atoms with van der Waals surface area (Å²) < 4.78 is 47.7. The highest BCUT2D eigenvalue weighted by molar-refractivity contribution is 6.23. The maximum absolute atomic E-state index is 13.3. The molecule has 1 rings (SSSR count). The molecule has 0 radical (unpaired) electrons. The van der Waals surface area contributed by atoms with E-state index in [0.717, 1.165) is 122 Å². The molecule has 0 aromatic heterocycles. The van der Waals surface area contributed by atoms with E-state index in [1.54, 1.807) is 0 Å². The quantitative estimate of drug-likeness (QED) is 0.0499. The van der Waals surface area contributed by atoms with Crippen molar-refractivity contribution in [3.8, 4) is 0 Å². The molecule has 0 aromatic rings. The van der Waals surface area contributed by atoms with Crippen LogP contribution in [0.15, 0.2) is 139 Å². The second kappa shape index (κ2) is 34.2. The number of hydrogen-bond donors (Lipinski definition) is 0. The van der Waals surface area contributed by atoms with E-state index in [1.165, 1.54) is 63.5 Å².